The van der Waals surface area contributed by atoms with Crippen LogP contribution in [0.3, 0.4) is 0 Å². The first-order valence-corrected chi connectivity index (χ1v) is 7.63. The number of hydrogen-bond acceptors (Lipinski definition) is 4. The summed E-state index contributed by atoms with van der Waals surface area (Å²) < 4.78 is 35.4. The fraction of sp³-hybridized carbons (Fsp3) is 0.353. The summed E-state index contributed by atoms with van der Waals surface area (Å²) in [5, 5.41) is 4.11. The maximum Gasteiger partial charge on any atom is 0.317 e. The minimum atomic E-state index is -0.986. The van der Waals surface area contributed by atoms with Gasteiger partial charge in [-0.05, 0) is 32.9 Å². The van der Waals surface area contributed by atoms with Crippen molar-refractivity contribution in [2.75, 3.05) is 0 Å². The molecule has 7 heteroatoms. The maximum absolute atomic E-state index is 14.4. The lowest BCUT2D eigenvalue weighted by Gasteiger charge is -2.31. The number of carbonyl (C=O) groups excluding carboxylic acids is 1. The molecule has 0 fully saturated rings. The molecule has 0 saturated carbocycles. The minimum Gasteiger partial charge on any atom is -0.462 e. The van der Waals surface area contributed by atoms with Gasteiger partial charge in [0.15, 0.2) is 5.82 Å². The van der Waals surface area contributed by atoms with Gasteiger partial charge < -0.3 is 4.74 Å². The molecule has 0 N–H and O–H groups in total. The van der Waals surface area contributed by atoms with Gasteiger partial charge in [0.05, 0.1) is 12.3 Å². The highest BCUT2D eigenvalue weighted by Crippen LogP contribution is 2.38. The molecule has 2 aromatic rings. The molecule has 24 heavy (non-hydrogen) atoms. The molecule has 1 aromatic heterocycles. The average molecular weight is 333 g/mol. The second kappa shape index (κ2) is 6.14. The Hall–Kier alpha value is -2.57. The Balaban J connectivity index is 2.18. The first-order chi connectivity index (χ1) is 11.4. The van der Waals surface area contributed by atoms with Crippen molar-refractivity contribution in [2.24, 2.45) is 10.9 Å². The van der Waals surface area contributed by atoms with Gasteiger partial charge in [0.1, 0.15) is 23.6 Å². The number of esters is 1. The molecule has 2 unspecified atom stereocenters. The first kappa shape index (κ1) is 16.3. The molecule has 1 aliphatic heterocycles. The molecule has 0 saturated heterocycles. The van der Waals surface area contributed by atoms with Crippen LogP contribution in [0.5, 0.6) is 0 Å². The number of aromatic nitrogens is 2. The Morgan fingerprint density at radius 3 is 2.54 bits per heavy atom. The van der Waals surface area contributed by atoms with Crippen LogP contribution in [0, 0.1) is 17.6 Å². The Kier molecular flexibility index (Phi) is 4.17. The maximum atomic E-state index is 14.4. The number of halogens is 2. The number of benzene rings is 1. The third-order valence-corrected chi connectivity index (χ3v) is 3.87. The van der Waals surface area contributed by atoms with Crippen molar-refractivity contribution in [3.05, 3.63) is 47.7 Å². The zero-order valence-electron chi connectivity index (χ0n) is 13.5. The molecule has 0 bridgehead atoms. The van der Waals surface area contributed by atoms with Crippen molar-refractivity contribution >= 4 is 17.5 Å². The molecule has 3 rings (SSSR count). The lowest BCUT2D eigenvalue weighted by molar-refractivity contribution is -0.151. The summed E-state index contributed by atoms with van der Waals surface area (Å²) in [5.41, 5.74) is 0.212. The minimum absolute atomic E-state index is 0.220. The molecular weight excluding hydrogens is 316 g/mol. The summed E-state index contributed by atoms with van der Waals surface area (Å²) >= 11 is 0. The van der Waals surface area contributed by atoms with E-state index in [9.17, 15) is 13.6 Å². The molecular formula is C17H17F2N3O2. The fourth-order valence-corrected chi connectivity index (χ4v) is 2.92. The summed E-state index contributed by atoms with van der Waals surface area (Å²) in [5.74, 6) is -2.57. The summed E-state index contributed by atoms with van der Waals surface area (Å²) in [4.78, 5) is 16.9. The quantitative estimate of drug-likeness (QED) is 0.809. The van der Waals surface area contributed by atoms with E-state index in [4.69, 9.17) is 4.74 Å². The lowest BCUT2D eigenvalue weighted by Crippen LogP contribution is -2.38. The molecule has 0 radical (unpaired) electrons. The number of carbonyl (C=O) groups is 1. The van der Waals surface area contributed by atoms with Crippen molar-refractivity contribution in [3.8, 4) is 0 Å². The lowest BCUT2D eigenvalue weighted by atomic mass is 9.87. The van der Waals surface area contributed by atoms with Crippen LogP contribution in [-0.2, 0) is 9.53 Å². The molecule has 0 spiro atoms. The monoisotopic (exact) mass is 333 g/mol. The van der Waals surface area contributed by atoms with E-state index in [1.165, 1.54) is 16.9 Å². The summed E-state index contributed by atoms with van der Waals surface area (Å²) in [6.07, 6.45) is 1.13. The SMILES string of the molecule is CC1=Nc2ccnn2C(c2c(F)cccc2F)C1C(=O)OC(C)C. The third-order valence-electron chi connectivity index (χ3n) is 3.87. The highest BCUT2D eigenvalue weighted by atomic mass is 19.1. The van der Waals surface area contributed by atoms with Crippen LogP contribution in [0.2, 0.25) is 0 Å². The van der Waals surface area contributed by atoms with Gasteiger partial charge in [-0.1, -0.05) is 6.07 Å². The van der Waals surface area contributed by atoms with E-state index in [0.717, 1.165) is 12.1 Å². The molecule has 5 nitrogen and oxygen atoms in total. The van der Waals surface area contributed by atoms with Crippen LogP contribution in [-0.4, -0.2) is 27.6 Å². The van der Waals surface area contributed by atoms with Crippen LogP contribution in [0.25, 0.3) is 0 Å². The third kappa shape index (κ3) is 2.70. The summed E-state index contributed by atoms with van der Waals surface area (Å²) in [7, 11) is 0. The van der Waals surface area contributed by atoms with E-state index < -0.39 is 29.6 Å². The van der Waals surface area contributed by atoms with Gasteiger partial charge in [0, 0.05) is 17.3 Å². The fourth-order valence-electron chi connectivity index (χ4n) is 2.92. The normalized spacial score (nSPS) is 19.8. The van der Waals surface area contributed by atoms with Gasteiger partial charge >= 0.3 is 5.97 Å². The van der Waals surface area contributed by atoms with Gasteiger partial charge in [0.25, 0.3) is 0 Å². The van der Waals surface area contributed by atoms with Crippen molar-refractivity contribution in [3.63, 3.8) is 0 Å². The average Bonchev–Trinajstić information content (AvgIpc) is 2.93. The molecule has 0 aliphatic carbocycles. The van der Waals surface area contributed by atoms with E-state index in [1.54, 1.807) is 26.8 Å². The highest BCUT2D eigenvalue weighted by Gasteiger charge is 2.42. The number of hydrogen-bond donors (Lipinski definition) is 0. The van der Waals surface area contributed by atoms with E-state index in [1.807, 2.05) is 0 Å². The second-order valence-electron chi connectivity index (χ2n) is 5.93. The van der Waals surface area contributed by atoms with Crippen LogP contribution < -0.4 is 0 Å². The van der Waals surface area contributed by atoms with Crippen molar-refractivity contribution in [1.82, 2.24) is 9.78 Å². The van der Waals surface area contributed by atoms with Crippen LogP contribution >= 0.6 is 0 Å². The number of aliphatic imine (C=N–C) groups is 1. The second-order valence-corrected chi connectivity index (χ2v) is 5.93. The van der Waals surface area contributed by atoms with E-state index in [0.29, 0.717) is 11.5 Å². The highest BCUT2D eigenvalue weighted by molar-refractivity contribution is 6.03. The molecule has 1 aliphatic rings. The van der Waals surface area contributed by atoms with E-state index in [2.05, 4.69) is 10.1 Å². The number of nitrogens with zero attached hydrogens (tertiary/aromatic N) is 3. The molecule has 2 heterocycles. The van der Waals surface area contributed by atoms with E-state index in [-0.39, 0.29) is 11.7 Å². The van der Waals surface area contributed by atoms with Gasteiger partial charge in [-0.2, -0.15) is 5.10 Å². The van der Waals surface area contributed by atoms with Gasteiger partial charge in [0.2, 0.25) is 0 Å². The predicted molar refractivity (Wildman–Crippen MR) is 84.2 cm³/mol. The number of fused-ring (bicyclic) bond motifs is 1. The van der Waals surface area contributed by atoms with Crippen molar-refractivity contribution in [2.45, 2.75) is 32.9 Å². The van der Waals surface area contributed by atoms with Crippen LogP contribution in [0.1, 0.15) is 32.4 Å². The Labute approximate surface area is 138 Å². The molecule has 126 valence electrons. The van der Waals surface area contributed by atoms with Crippen LogP contribution in [0.4, 0.5) is 14.6 Å². The summed E-state index contributed by atoms with van der Waals surface area (Å²) in [6.45, 7) is 5.07. The molecule has 0 amide bonds. The topological polar surface area (TPSA) is 56.5 Å². The Bertz CT molecular complexity index is 794. The first-order valence-electron chi connectivity index (χ1n) is 7.63. The van der Waals surface area contributed by atoms with Crippen LogP contribution in [0.15, 0.2) is 35.5 Å². The number of ether oxygens (including phenoxy) is 1. The zero-order valence-corrected chi connectivity index (χ0v) is 13.5. The Morgan fingerprint density at radius 2 is 1.92 bits per heavy atom. The number of rotatable bonds is 3. The smallest absolute Gasteiger partial charge is 0.317 e. The predicted octanol–water partition coefficient (Wildman–Crippen LogP) is 3.42. The molecule has 1 aromatic carbocycles. The molecule has 2 atom stereocenters. The summed E-state index contributed by atoms with van der Waals surface area (Å²) in [6, 6.07) is 4.24. The van der Waals surface area contributed by atoms with Gasteiger partial charge in [-0.15, -0.1) is 0 Å². The Morgan fingerprint density at radius 1 is 1.25 bits per heavy atom. The van der Waals surface area contributed by atoms with E-state index >= 15 is 0 Å². The largest absolute Gasteiger partial charge is 0.462 e. The van der Waals surface area contributed by atoms with Crippen molar-refractivity contribution < 1.29 is 18.3 Å². The van der Waals surface area contributed by atoms with Gasteiger partial charge in [-0.3, -0.25) is 4.79 Å². The van der Waals surface area contributed by atoms with Gasteiger partial charge in [-0.25, -0.2) is 18.5 Å². The zero-order chi connectivity index (χ0) is 17.4. The standard InChI is InChI=1S/C17H17F2N3O2/c1-9(2)24-17(23)14-10(3)21-13-7-8-20-22(13)16(14)15-11(18)5-4-6-12(15)19/h4-9,14,16H,1-3H3. The van der Waals surface area contributed by atoms with Crippen molar-refractivity contribution in [1.29, 1.82) is 0 Å².